The molecule has 1 aromatic rings. The zero-order chi connectivity index (χ0) is 10.2. The van der Waals surface area contributed by atoms with Gasteiger partial charge in [0.15, 0.2) is 0 Å². The molecule has 0 N–H and O–H groups in total. The van der Waals surface area contributed by atoms with E-state index in [1.54, 1.807) is 7.11 Å². The van der Waals surface area contributed by atoms with Crippen molar-refractivity contribution in [2.24, 2.45) is 5.11 Å². The number of aryl methyl sites for hydroxylation is 1. The minimum atomic E-state index is 0.558. The second-order valence-electron chi connectivity index (χ2n) is 2.91. The highest BCUT2D eigenvalue weighted by atomic mass is 16.5. The zero-order valence-electron chi connectivity index (χ0n) is 8.18. The van der Waals surface area contributed by atoms with E-state index in [9.17, 15) is 0 Å². The third kappa shape index (κ3) is 3.37. The SMILES string of the molecule is COc1ccc(CCCN=[N+]=[N-])cc1. The van der Waals surface area contributed by atoms with Crippen LogP contribution < -0.4 is 4.74 Å². The van der Waals surface area contributed by atoms with E-state index in [0.29, 0.717) is 6.54 Å². The highest BCUT2D eigenvalue weighted by Gasteiger charge is 1.93. The second kappa shape index (κ2) is 5.89. The zero-order valence-corrected chi connectivity index (χ0v) is 8.18. The molecule has 0 bridgehead atoms. The summed E-state index contributed by atoms with van der Waals surface area (Å²) < 4.78 is 5.05. The smallest absolute Gasteiger partial charge is 0.118 e. The van der Waals surface area contributed by atoms with Gasteiger partial charge in [-0.1, -0.05) is 17.2 Å². The molecule has 1 aromatic carbocycles. The molecule has 0 atom stereocenters. The first-order chi connectivity index (χ1) is 6.86. The van der Waals surface area contributed by atoms with Crippen molar-refractivity contribution in [2.45, 2.75) is 12.8 Å². The van der Waals surface area contributed by atoms with Crippen molar-refractivity contribution in [3.8, 4) is 5.75 Å². The molecule has 4 nitrogen and oxygen atoms in total. The Morgan fingerprint density at radius 2 is 2.07 bits per heavy atom. The number of ether oxygens (including phenoxy) is 1. The van der Waals surface area contributed by atoms with Crippen LogP contribution in [0.4, 0.5) is 0 Å². The Hall–Kier alpha value is -1.67. The van der Waals surface area contributed by atoms with E-state index in [-0.39, 0.29) is 0 Å². The van der Waals surface area contributed by atoms with Crippen molar-refractivity contribution >= 4 is 0 Å². The van der Waals surface area contributed by atoms with E-state index in [2.05, 4.69) is 10.0 Å². The molecule has 0 aliphatic carbocycles. The molecule has 0 amide bonds. The van der Waals surface area contributed by atoms with Gasteiger partial charge in [-0.05, 0) is 36.1 Å². The summed E-state index contributed by atoms with van der Waals surface area (Å²) in [5.74, 6) is 0.865. The highest BCUT2D eigenvalue weighted by Crippen LogP contribution is 2.12. The van der Waals surface area contributed by atoms with E-state index >= 15 is 0 Å². The Balaban J connectivity index is 2.39. The molecule has 0 aliphatic rings. The molecule has 0 aromatic heterocycles. The monoisotopic (exact) mass is 191 g/mol. The van der Waals surface area contributed by atoms with Crippen molar-refractivity contribution in [1.29, 1.82) is 0 Å². The van der Waals surface area contributed by atoms with Crippen molar-refractivity contribution in [2.75, 3.05) is 13.7 Å². The Morgan fingerprint density at radius 3 is 2.64 bits per heavy atom. The topological polar surface area (TPSA) is 58.0 Å². The third-order valence-electron chi connectivity index (χ3n) is 1.95. The Morgan fingerprint density at radius 1 is 1.36 bits per heavy atom. The van der Waals surface area contributed by atoms with E-state index in [0.717, 1.165) is 18.6 Å². The number of nitrogens with zero attached hydrogens (tertiary/aromatic N) is 3. The Bertz CT molecular complexity index is 315. The first-order valence-electron chi connectivity index (χ1n) is 4.50. The van der Waals surface area contributed by atoms with Crippen LogP contribution in [0.15, 0.2) is 29.4 Å². The Kier molecular flexibility index (Phi) is 4.38. The maximum atomic E-state index is 8.07. The molecule has 4 heteroatoms. The van der Waals surface area contributed by atoms with Gasteiger partial charge in [0.1, 0.15) is 5.75 Å². The molecule has 0 spiro atoms. The lowest BCUT2D eigenvalue weighted by Crippen LogP contribution is -1.88. The first kappa shape index (κ1) is 10.4. The Labute approximate surface area is 83.1 Å². The van der Waals surface area contributed by atoms with Gasteiger partial charge < -0.3 is 4.74 Å². The van der Waals surface area contributed by atoms with Gasteiger partial charge in [0, 0.05) is 11.5 Å². The van der Waals surface area contributed by atoms with Crippen LogP contribution in [0.3, 0.4) is 0 Å². The number of rotatable bonds is 5. The quantitative estimate of drug-likeness (QED) is 0.305. The van der Waals surface area contributed by atoms with Crippen molar-refractivity contribution in [3.63, 3.8) is 0 Å². The van der Waals surface area contributed by atoms with Crippen LogP contribution in [0.1, 0.15) is 12.0 Å². The average molecular weight is 191 g/mol. The second-order valence-corrected chi connectivity index (χ2v) is 2.91. The predicted octanol–water partition coefficient (Wildman–Crippen LogP) is 2.94. The van der Waals surface area contributed by atoms with Crippen molar-refractivity contribution < 1.29 is 4.74 Å². The van der Waals surface area contributed by atoms with Gasteiger partial charge in [-0.3, -0.25) is 0 Å². The van der Waals surface area contributed by atoms with E-state index in [1.165, 1.54) is 5.56 Å². The molecular weight excluding hydrogens is 178 g/mol. The normalized spacial score (nSPS) is 9.21. The molecule has 0 heterocycles. The molecule has 0 aliphatic heterocycles. The van der Waals surface area contributed by atoms with Gasteiger partial charge in [-0.25, -0.2) is 0 Å². The summed E-state index contributed by atoms with van der Waals surface area (Å²) in [6.07, 6.45) is 1.82. The number of azide groups is 1. The molecule has 0 saturated heterocycles. The van der Waals surface area contributed by atoms with Crippen LogP contribution in [-0.4, -0.2) is 13.7 Å². The van der Waals surface area contributed by atoms with Crippen LogP contribution in [0.5, 0.6) is 5.75 Å². The van der Waals surface area contributed by atoms with Gasteiger partial charge in [-0.15, -0.1) is 0 Å². The van der Waals surface area contributed by atoms with Crippen LogP contribution in [-0.2, 0) is 6.42 Å². The molecule has 0 unspecified atom stereocenters. The summed E-state index contributed by atoms with van der Waals surface area (Å²) in [6, 6.07) is 7.91. The molecule has 74 valence electrons. The fraction of sp³-hybridized carbons (Fsp3) is 0.400. The lowest BCUT2D eigenvalue weighted by atomic mass is 10.1. The lowest BCUT2D eigenvalue weighted by molar-refractivity contribution is 0.414. The molecule has 0 saturated carbocycles. The average Bonchev–Trinajstić information content (AvgIpc) is 2.25. The van der Waals surface area contributed by atoms with E-state index in [4.69, 9.17) is 10.3 Å². The molecular formula is C10H13N3O. The molecule has 1 rings (SSSR count). The molecule has 14 heavy (non-hydrogen) atoms. The van der Waals surface area contributed by atoms with E-state index < -0.39 is 0 Å². The summed E-state index contributed by atoms with van der Waals surface area (Å²) in [7, 11) is 1.65. The highest BCUT2D eigenvalue weighted by molar-refractivity contribution is 5.27. The summed E-state index contributed by atoms with van der Waals surface area (Å²) in [6.45, 7) is 0.558. The van der Waals surface area contributed by atoms with Crippen molar-refractivity contribution in [3.05, 3.63) is 40.3 Å². The van der Waals surface area contributed by atoms with Crippen LogP contribution in [0.2, 0.25) is 0 Å². The summed E-state index contributed by atoms with van der Waals surface area (Å²) >= 11 is 0. The van der Waals surface area contributed by atoms with Crippen molar-refractivity contribution in [1.82, 2.24) is 0 Å². The largest absolute Gasteiger partial charge is 0.497 e. The maximum absolute atomic E-state index is 8.07. The number of benzene rings is 1. The predicted molar refractivity (Wildman–Crippen MR) is 55.3 cm³/mol. The summed E-state index contributed by atoms with van der Waals surface area (Å²) in [5.41, 5.74) is 9.31. The number of hydrogen-bond donors (Lipinski definition) is 0. The van der Waals surface area contributed by atoms with Gasteiger partial charge in [0.2, 0.25) is 0 Å². The number of methoxy groups -OCH3 is 1. The third-order valence-corrected chi connectivity index (χ3v) is 1.95. The van der Waals surface area contributed by atoms with Crippen LogP contribution >= 0.6 is 0 Å². The molecule has 0 fully saturated rings. The fourth-order valence-electron chi connectivity index (χ4n) is 1.19. The lowest BCUT2D eigenvalue weighted by Gasteiger charge is -2.01. The minimum Gasteiger partial charge on any atom is -0.497 e. The minimum absolute atomic E-state index is 0.558. The van der Waals surface area contributed by atoms with E-state index in [1.807, 2.05) is 24.3 Å². The van der Waals surface area contributed by atoms with Crippen LogP contribution in [0.25, 0.3) is 10.4 Å². The fourth-order valence-corrected chi connectivity index (χ4v) is 1.19. The standard InChI is InChI=1S/C10H13N3O/c1-14-10-6-4-9(5-7-10)3-2-8-12-13-11/h4-7H,2-3,8H2,1H3. The molecule has 0 radical (unpaired) electrons. The van der Waals surface area contributed by atoms with Gasteiger partial charge in [0.05, 0.1) is 7.11 Å². The van der Waals surface area contributed by atoms with Gasteiger partial charge in [0.25, 0.3) is 0 Å². The summed E-state index contributed by atoms with van der Waals surface area (Å²) in [5, 5.41) is 3.48. The first-order valence-corrected chi connectivity index (χ1v) is 4.50. The number of hydrogen-bond acceptors (Lipinski definition) is 2. The van der Waals surface area contributed by atoms with Gasteiger partial charge >= 0.3 is 0 Å². The van der Waals surface area contributed by atoms with Gasteiger partial charge in [-0.2, -0.15) is 0 Å². The van der Waals surface area contributed by atoms with Crippen LogP contribution in [0, 0.1) is 0 Å². The maximum Gasteiger partial charge on any atom is 0.118 e. The summed E-state index contributed by atoms with van der Waals surface area (Å²) in [4.78, 5) is 2.70.